The van der Waals surface area contributed by atoms with Crippen molar-refractivity contribution >= 4 is 29.9 Å². The van der Waals surface area contributed by atoms with E-state index in [1.165, 1.54) is 32.1 Å². The Labute approximate surface area is 135 Å². The van der Waals surface area contributed by atoms with Gasteiger partial charge in [-0.2, -0.15) is 0 Å². The topological polar surface area (TPSA) is 45.6 Å². The predicted octanol–water partition coefficient (Wildman–Crippen LogP) is 2.92. The van der Waals surface area contributed by atoms with Gasteiger partial charge >= 0.3 is 0 Å². The monoisotopic (exact) mass is 383 g/mol. The Kier molecular flexibility index (Phi) is 12.9. The van der Waals surface area contributed by atoms with Crippen LogP contribution in [0.5, 0.6) is 0 Å². The summed E-state index contributed by atoms with van der Waals surface area (Å²) in [6.45, 7) is 7.51. The smallest absolute Gasteiger partial charge is 0.191 e. The standard InChI is InChI=1S/C14H29N3O.HI/c1-3-5-11-18-12-10-16-14(15-4-2)17-13-8-6-7-9-13;/h13H,3-12H2,1-2H3,(H2,15,16,17);1H. The molecule has 0 spiro atoms. The summed E-state index contributed by atoms with van der Waals surface area (Å²) >= 11 is 0. The van der Waals surface area contributed by atoms with Crippen molar-refractivity contribution in [3.63, 3.8) is 0 Å². The number of nitrogens with zero attached hydrogens (tertiary/aromatic N) is 1. The summed E-state index contributed by atoms with van der Waals surface area (Å²) in [5, 5.41) is 6.80. The van der Waals surface area contributed by atoms with E-state index in [9.17, 15) is 0 Å². The Morgan fingerprint density at radius 1 is 1.21 bits per heavy atom. The number of hydrogen-bond donors (Lipinski definition) is 2. The van der Waals surface area contributed by atoms with Gasteiger partial charge in [-0.15, -0.1) is 24.0 Å². The molecule has 4 nitrogen and oxygen atoms in total. The van der Waals surface area contributed by atoms with Gasteiger partial charge in [0.05, 0.1) is 13.2 Å². The van der Waals surface area contributed by atoms with Crippen LogP contribution in [0.15, 0.2) is 4.99 Å². The van der Waals surface area contributed by atoms with E-state index in [0.717, 1.165) is 38.7 Å². The highest BCUT2D eigenvalue weighted by Gasteiger charge is 2.15. The minimum atomic E-state index is 0. The number of rotatable bonds is 8. The van der Waals surface area contributed by atoms with E-state index in [1.807, 2.05) is 0 Å². The molecule has 1 aliphatic rings. The highest BCUT2D eigenvalue weighted by molar-refractivity contribution is 14.0. The van der Waals surface area contributed by atoms with Crippen LogP contribution in [0.1, 0.15) is 52.4 Å². The Balaban J connectivity index is 0.00000324. The molecule has 0 atom stereocenters. The number of hydrogen-bond acceptors (Lipinski definition) is 2. The molecule has 0 aromatic carbocycles. The summed E-state index contributed by atoms with van der Waals surface area (Å²) < 4.78 is 5.51. The Bertz CT molecular complexity index is 231. The molecule has 2 N–H and O–H groups in total. The number of aliphatic imine (C=N–C) groups is 1. The van der Waals surface area contributed by atoms with Crippen molar-refractivity contribution < 1.29 is 4.74 Å². The second-order valence-corrected chi connectivity index (χ2v) is 4.85. The van der Waals surface area contributed by atoms with Crippen molar-refractivity contribution in [2.24, 2.45) is 4.99 Å². The number of unbranched alkanes of at least 4 members (excludes halogenated alkanes) is 1. The number of nitrogens with one attached hydrogen (secondary N) is 2. The van der Waals surface area contributed by atoms with Crippen molar-refractivity contribution in [1.82, 2.24) is 10.6 Å². The van der Waals surface area contributed by atoms with E-state index in [1.54, 1.807) is 0 Å². The highest BCUT2D eigenvalue weighted by atomic mass is 127. The lowest BCUT2D eigenvalue weighted by molar-refractivity contribution is 0.139. The lowest BCUT2D eigenvalue weighted by atomic mass is 10.2. The molecule has 0 aromatic heterocycles. The highest BCUT2D eigenvalue weighted by Crippen LogP contribution is 2.17. The SMILES string of the molecule is CCCCOCCN=C(NCC)NC1CCCC1.I. The largest absolute Gasteiger partial charge is 0.380 e. The fourth-order valence-electron chi connectivity index (χ4n) is 2.15. The first-order valence-corrected chi connectivity index (χ1v) is 7.49. The van der Waals surface area contributed by atoms with E-state index in [-0.39, 0.29) is 24.0 Å². The zero-order valence-corrected chi connectivity index (χ0v) is 14.7. The minimum Gasteiger partial charge on any atom is -0.380 e. The van der Waals surface area contributed by atoms with Crippen LogP contribution in [0.4, 0.5) is 0 Å². The van der Waals surface area contributed by atoms with E-state index < -0.39 is 0 Å². The molecule has 1 fully saturated rings. The molecule has 0 amide bonds. The molecule has 0 aliphatic heterocycles. The van der Waals surface area contributed by atoms with Gasteiger partial charge in [-0.05, 0) is 26.2 Å². The number of guanidine groups is 1. The van der Waals surface area contributed by atoms with Gasteiger partial charge in [-0.3, -0.25) is 4.99 Å². The van der Waals surface area contributed by atoms with Crippen molar-refractivity contribution in [1.29, 1.82) is 0 Å². The van der Waals surface area contributed by atoms with Gasteiger partial charge in [0.15, 0.2) is 5.96 Å². The fraction of sp³-hybridized carbons (Fsp3) is 0.929. The summed E-state index contributed by atoms with van der Waals surface area (Å²) in [6, 6.07) is 0.615. The number of halogens is 1. The normalized spacial score (nSPS) is 16.2. The second-order valence-electron chi connectivity index (χ2n) is 4.85. The summed E-state index contributed by atoms with van der Waals surface area (Å²) in [5.41, 5.74) is 0. The average Bonchev–Trinajstić information content (AvgIpc) is 2.86. The quantitative estimate of drug-likeness (QED) is 0.293. The van der Waals surface area contributed by atoms with Crippen LogP contribution in [-0.2, 0) is 4.74 Å². The zero-order valence-electron chi connectivity index (χ0n) is 12.4. The lowest BCUT2D eigenvalue weighted by Crippen LogP contribution is -2.42. The molecule has 1 saturated carbocycles. The van der Waals surface area contributed by atoms with Crippen molar-refractivity contribution in [2.75, 3.05) is 26.3 Å². The van der Waals surface area contributed by atoms with Gasteiger partial charge in [0.2, 0.25) is 0 Å². The zero-order chi connectivity index (χ0) is 13.1. The maximum atomic E-state index is 5.51. The van der Waals surface area contributed by atoms with Gasteiger partial charge in [-0.1, -0.05) is 26.2 Å². The van der Waals surface area contributed by atoms with E-state index in [2.05, 4.69) is 29.5 Å². The van der Waals surface area contributed by atoms with Gasteiger partial charge in [0.25, 0.3) is 0 Å². The molecule has 1 aliphatic carbocycles. The van der Waals surface area contributed by atoms with Crippen molar-refractivity contribution in [3.05, 3.63) is 0 Å². The third-order valence-electron chi connectivity index (χ3n) is 3.19. The summed E-state index contributed by atoms with van der Waals surface area (Å²) in [5.74, 6) is 0.948. The maximum Gasteiger partial charge on any atom is 0.191 e. The minimum absolute atomic E-state index is 0. The van der Waals surface area contributed by atoms with Crippen molar-refractivity contribution in [3.8, 4) is 0 Å². The molecule has 5 heteroatoms. The predicted molar refractivity (Wildman–Crippen MR) is 92.5 cm³/mol. The third kappa shape index (κ3) is 9.49. The first-order valence-electron chi connectivity index (χ1n) is 7.49. The van der Waals surface area contributed by atoms with E-state index >= 15 is 0 Å². The molecule has 0 aromatic rings. The number of ether oxygens (including phenoxy) is 1. The Morgan fingerprint density at radius 2 is 1.95 bits per heavy atom. The molecule has 0 radical (unpaired) electrons. The summed E-state index contributed by atoms with van der Waals surface area (Å²) in [7, 11) is 0. The van der Waals surface area contributed by atoms with Crippen molar-refractivity contribution in [2.45, 2.75) is 58.4 Å². The summed E-state index contributed by atoms with van der Waals surface area (Å²) in [4.78, 5) is 4.54. The molecule has 0 unspecified atom stereocenters. The first-order chi connectivity index (χ1) is 8.86. The Morgan fingerprint density at radius 3 is 2.58 bits per heavy atom. The second kappa shape index (κ2) is 13.0. The average molecular weight is 383 g/mol. The molecule has 114 valence electrons. The molecule has 1 rings (SSSR count). The van der Waals surface area contributed by atoms with Crippen LogP contribution in [0.25, 0.3) is 0 Å². The van der Waals surface area contributed by atoms with Gasteiger partial charge < -0.3 is 15.4 Å². The molecule has 0 bridgehead atoms. The molecular weight excluding hydrogens is 353 g/mol. The first kappa shape index (κ1) is 19.0. The molecular formula is C14H30IN3O. The third-order valence-corrected chi connectivity index (χ3v) is 3.19. The molecule has 0 heterocycles. The van der Waals surface area contributed by atoms with E-state index in [0.29, 0.717) is 6.04 Å². The van der Waals surface area contributed by atoms with Crippen LogP contribution < -0.4 is 10.6 Å². The van der Waals surface area contributed by atoms with Crippen LogP contribution in [0, 0.1) is 0 Å². The van der Waals surface area contributed by atoms with Crippen LogP contribution in [0.3, 0.4) is 0 Å². The van der Waals surface area contributed by atoms with Crippen LogP contribution in [-0.4, -0.2) is 38.3 Å². The fourth-order valence-corrected chi connectivity index (χ4v) is 2.15. The Hall–Kier alpha value is -0.0400. The summed E-state index contributed by atoms with van der Waals surface area (Å²) in [6.07, 6.45) is 7.57. The lowest BCUT2D eigenvalue weighted by Gasteiger charge is -2.16. The van der Waals surface area contributed by atoms with Gasteiger partial charge in [-0.25, -0.2) is 0 Å². The van der Waals surface area contributed by atoms with E-state index in [4.69, 9.17) is 4.74 Å². The molecule has 19 heavy (non-hydrogen) atoms. The van der Waals surface area contributed by atoms with Crippen LogP contribution >= 0.6 is 24.0 Å². The molecule has 0 saturated heterocycles. The van der Waals surface area contributed by atoms with Gasteiger partial charge in [0.1, 0.15) is 0 Å². The van der Waals surface area contributed by atoms with Gasteiger partial charge in [0, 0.05) is 19.2 Å². The van der Waals surface area contributed by atoms with Crippen LogP contribution in [0.2, 0.25) is 0 Å². The maximum absolute atomic E-state index is 5.51.